The number of nitrogens with one attached hydrogen (secondary N) is 1. The Balaban J connectivity index is 1.80. The average Bonchev–Trinajstić information content (AvgIpc) is 3.13. The van der Waals surface area contributed by atoms with Gasteiger partial charge >= 0.3 is 0 Å². The topological polar surface area (TPSA) is 67.1 Å². The molecular formula is C16H19N5. The van der Waals surface area contributed by atoms with E-state index in [1.807, 2.05) is 18.2 Å². The maximum Gasteiger partial charge on any atom is 0.222 e. The molecule has 0 spiro atoms. The average molecular weight is 281 g/mol. The van der Waals surface area contributed by atoms with Crippen LogP contribution in [0.1, 0.15) is 12.0 Å². The van der Waals surface area contributed by atoms with Crippen LogP contribution < -0.4 is 16.0 Å². The van der Waals surface area contributed by atoms with E-state index in [1.165, 1.54) is 6.42 Å². The number of nitrogens with zero attached hydrogens (tertiary/aromatic N) is 3. The molecule has 1 aromatic heterocycles. The molecule has 108 valence electrons. The van der Waals surface area contributed by atoms with Crippen molar-refractivity contribution in [2.45, 2.75) is 25.4 Å². The Kier molecular flexibility index (Phi) is 2.82. The number of benzene rings is 1. The second-order valence-electron chi connectivity index (χ2n) is 5.89. The van der Waals surface area contributed by atoms with E-state index in [0.717, 1.165) is 35.7 Å². The Bertz CT molecular complexity index is 670. The van der Waals surface area contributed by atoms with Gasteiger partial charge < -0.3 is 16.0 Å². The van der Waals surface area contributed by atoms with E-state index in [4.69, 9.17) is 5.73 Å². The maximum atomic E-state index is 5.97. The molecule has 2 saturated heterocycles. The minimum absolute atomic E-state index is 0.352. The molecule has 2 aliphatic rings. The van der Waals surface area contributed by atoms with Crippen LogP contribution >= 0.6 is 0 Å². The Morgan fingerprint density at radius 2 is 2.05 bits per heavy atom. The van der Waals surface area contributed by atoms with E-state index in [9.17, 15) is 0 Å². The van der Waals surface area contributed by atoms with E-state index in [0.29, 0.717) is 18.0 Å². The van der Waals surface area contributed by atoms with E-state index < -0.39 is 0 Å². The summed E-state index contributed by atoms with van der Waals surface area (Å²) in [7, 11) is 0. The van der Waals surface area contributed by atoms with Gasteiger partial charge in [-0.1, -0.05) is 30.3 Å². The normalized spacial score (nSPS) is 23.8. The maximum absolute atomic E-state index is 5.97. The van der Waals surface area contributed by atoms with Crippen LogP contribution in [0.5, 0.6) is 0 Å². The van der Waals surface area contributed by atoms with Crippen LogP contribution in [0.25, 0.3) is 11.3 Å². The highest BCUT2D eigenvalue weighted by molar-refractivity contribution is 5.70. The van der Waals surface area contributed by atoms with Crippen LogP contribution in [0.15, 0.2) is 30.3 Å². The summed E-state index contributed by atoms with van der Waals surface area (Å²) in [5.41, 5.74) is 9.11. The van der Waals surface area contributed by atoms with Gasteiger partial charge in [-0.15, -0.1) is 0 Å². The van der Waals surface area contributed by atoms with Crippen molar-refractivity contribution in [1.29, 1.82) is 0 Å². The molecule has 21 heavy (non-hydrogen) atoms. The number of hydrogen-bond donors (Lipinski definition) is 2. The fraction of sp³-hybridized carbons (Fsp3) is 0.375. The lowest BCUT2D eigenvalue weighted by molar-refractivity contribution is 0.575. The summed E-state index contributed by atoms with van der Waals surface area (Å²) < 4.78 is 0. The number of rotatable bonds is 2. The summed E-state index contributed by atoms with van der Waals surface area (Å²) in [5, 5.41) is 3.52. The van der Waals surface area contributed by atoms with E-state index in [2.05, 4.69) is 39.2 Å². The third kappa shape index (κ3) is 2.05. The van der Waals surface area contributed by atoms with Crippen molar-refractivity contribution in [3.8, 4) is 11.3 Å². The molecule has 3 N–H and O–H groups in total. The summed E-state index contributed by atoms with van der Waals surface area (Å²) in [5.74, 6) is 1.35. The fourth-order valence-corrected chi connectivity index (χ4v) is 3.50. The predicted octanol–water partition coefficient (Wildman–Crippen LogP) is 1.58. The van der Waals surface area contributed by atoms with Crippen LogP contribution in [-0.2, 0) is 0 Å². The fourth-order valence-electron chi connectivity index (χ4n) is 3.50. The third-order valence-corrected chi connectivity index (χ3v) is 4.51. The summed E-state index contributed by atoms with van der Waals surface area (Å²) in [6.45, 7) is 4.14. The van der Waals surface area contributed by atoms with Crippen molar-refractivity contribution in [2.24, 2.45) is 0 Å². The molecule has 0 radical (unpaired) electrons. The smallest absolute Gasteiger partial charge is 0.222 e. The first-order valence-corrected chi connectivity index (χ1v) is 7.42. The minimum Gasteiger partial charge on any atom is -0.368 e. The van der Waals surface area contributed by atoms with Gasteiger partial charge in [0.25, 0.3) is 0 Å². The van der Waals surface area contributed by atoms with Crippen molar-refractivity contribution in [2.75, 3.05) is 23.7 Å². The molecule has 2 atom stereocenters. The van der Waals surface area contributed by atoms with Crippen LogP contribution in [0.3, 0.4) is 0 Å². The number of nitrogen functional groups attached to an aromatic ring is 1. The standard InChI is InChI=1S/C16H19N5/c1-10-14(11-5-3-2-4-6-11)19-16(17)20-15(10)21-9-12-7-13(21)8-18-12/h2-6,12-13,18H,7-9H2,1H3,(H2,17,19,20). The second-order valence-corrected chi connectivity index (χ2v) is 5.89. The van der Waals surface area contributed by atoms with E-state index in [1.54, 1.807) is 0 Å². The summed E-state index contributed by atoms with van der Waals surface area (Å²) >= 11 is 0. The molecule has 2 bridgehead atoms. The molecule has 3 heterocycles. The molecule has 5 heteroatoms. The highest BCUT2D eigenvalue weighted by atomic mass is 15.3. The Morgan fingerprint density at radius 1 is 1.24 bits per heavy atom. The molecule has 2 unspecified atom stereocenters. The van der Waals surface area contributed by atoms with E-state index >= 15 is 0 Å². The predicted molar refractivity (Wildman–Crippen MR) is 84.2 cm³/mol. The lowest BCUT2D eigenvalue weighted by Crippen LogP contribution is -2.44. The Hall–Kier alpha value is -2.14. The second kappa shape index (κ2) is 4.70. The molecule has 2 fully saturated rings. The van der Waals surface area contributed by atoms with Crippen molar-refractivity contribution in [3.63, 3.8) is 0 Å². The highest BCUT2D eigenvalue weighted by Gasteiger charge is 2.39. The quantitative estimate of drug-likeness (QED) is 0.875. The van der Waals surface area contributed by atoms with E-state index in [-0.39, 0.29) is 0 Å². The monoisotopic (exact) mass is 281 g/mol. The number of hydrogen-bond acceptors (Lipinski definition) is 5. The summed E-state index contributed by atoms with van der Waals surface area (Å²) in [4.78, 5) is 11.4. The Labute approximate surface area is 124 Å². The molecule has 2 aliphatic heterocycles. The van der Waals surface area contributed by atoms with Crippen LogP contribution in [0.4, 0.5) is 11.8 Å². The Morgan fingerprint density at radius 3 is 2.71 bits per heavy atom. The van der Waals surface area contributed by atoms with Crippen molar-refractivity contribution < 1.29 is 0 Å². The van der Waals surface area contributed by atoms with Gasteiger partial charge in [0.1, 0.15) is 5.82 Å². The molecule has 4 rings (SSSR count). The number of aromatic nitrogens is 2. The lowest BCUT2D eigenvalue weighted by Gasteiger charge is -2.30. The van der Waals surface area contributed by atoms with Gasteiger partial charge in [-0.05, 0) is 13.3 Å². The van der Waals surface area contributed by atoms with Crippen molar-refractivity contribution in [3.05, 3.63) is 35.9 Å². The van der Waals surface area contributed by atoms with Crippen molar-refractivity contribution >= 4 is 11.8 Å². The lowest BCUT2D eigenvalue weighted by atomic mass is 10.1. The number of anilines is 2. The van der Waals surface area contributed by atoms with Gasteiger partial charge in [-0.25, -0.2) is 4.98 Å². The molecule has 0 amide bonds. The summed E-state index contributed by atoms with van der Waals surface area (Å²) in [6.07, 6.45) is 1.20. The zero-order chi connectivity index (χ0) is 14.4. The van der Waals surface area contributed by atoms with Gasteiger partial charge in [-0.2, -0.15) is 4.98 Å². The van der Waals surface area contributed by atoms with Gasteiger partial charge in [0.15, 0.2) is 0 Å². The minimum atomic E-state index is 0.352. The van der Waals surface area contributed by atoms with Crippen LogP contribution in [0.2, 0.25) is 0 Å². The molecule has 0 saturated carbocycles. The van der Waals surface area contributed by atoms with Gasteiger partial charge in [0.05, 0.1) is 5.69 Å². The number of nitrogens with two attached hydrogens (primary N) is 1. The van der Waals surface area contributed by atoms with Gasteiger partial charge in [0.2, 0.25) is 5.95 Å². The van der Waals surface area contributed by atoms with Crippen LogP contribution in [-0.4, -0.2) is 35.1 Å². The summed E-state index contributed by atoms with van der Waals surface area (Å²) in [6, 6.07) is 11.3. The number of piperazine rings is 1. The molecule has 1 aromatic carbocycles. The molecule has 5 nitrogen and oxygen atoms in total. The first-order chi connectivity index (χ1) is 10.2. The molecule has 0 aliphatic carbocycles. The third-order valence-electron chi connectivity index (χ3n) is 4.51. The SMILES string of the molecule is Cc1c(-c2ccccc2)nc(N)nc1N1CC2CC1CN2. The van der Waals surface area contributed by atoms with Crippen molar-refractivity contribution in [1.82, 2.24) is 15.3 Å². The zero-order valence-electron chi connectivity index (χ0n) is 12.1. The highest BCUT2D eigenvalue weighted by Crippen LogP contribution is 2.34. The van der Waals surface area contributed by atoms with Crippen LogP contribution in [0, 0.1) is 6.92 Å². The molecule has 2 aromatic rings. The zero-order valence-corrected chi connectivity index (χ0v) is 12.1. The molecular weight excluding hydrogens is 262 g/mol. The first-order valence-electron chi connectivity index (χ1n) is 7.42. The van der Waals surface area contributed by atoms with Gasteiger partial charge in [-0.3, -0.25) is 0 Å². The first kappa shape index (κ1) is 12.6. The number of fused-ring (bicyclic) bond motifs is 2. The largest absolute Gasteiger partial charge is 0.368 e. The van der Waals surface area contributed by atoms with Gasteiger partial charge in [0, 0.05) is 36.3 Å².